The van der Waals surface area contributed by atoms with Crippen molar-refractivity contribution in [3.63, 3.8) is 0 Å². The van der Waals surface area contributed by atoms with Gasteiger partial charge in [0.15, 0.2) is 0 Å². The Hall–Kier alpha value is -0.570. The highest BCUT2D eigenvalue weighted by Gasteiger charge is 2.44. The van der Waals surface area contributed by atoms with Gasteiger partial charge in [-0.25, -0.2) is 0 Å². The Morgan fingerprint density at radius 3 is 2.65 bits per heavy atom. The van der Waals surface area contributed by atoms with Crippen LogP contribution in [0.5, 0.6) is 0 Å². The van der Waals surface area contributed by atoms with Gasteiger partial charge in [0, 0.05) is 0 Å². The minimum Gasteiger partial charge on any atom is -0.466 e. The van der Waals surface area contributed by atoms with E-state index in [1.54, 1.807) is 0 Å². The summed E-state index contributed by atoms with van der Waals surface area (Å²) in [6.07, 6.45) is 6.48. The second-order valence-electron chi connectivity index (χ2n) is 6.79. The molecule has 0 spiro atoms. The number of esters is 1. The molecule has 0 saturated heterocycles. The summed E-state index contributed by atoms with van der Waals surface area (Å²) in [4.78, 5) is 12.2. The molecule has 0 radical (unpaired) electrons. The number of carbonyl (C=O) groups is 1. The van der Waals surface area contributed by atoms with Crippen molar-refractivity contribution in [1.29, 1.82) is 0 Å². The zero-order valence-corrected chi connectivity index (χ0v) is 13.7. The maximum Gasteiger partial charge on any atom is 0.311 e. The summed E-state index contributed by atoms with van der Waals surface area (Å²) in [6, 6.07) is 0. The topological polar surface area (TPSA) is 46.5 Å². The monoisotopic (exact) mass is 284 g/mol. The lowest BCUT2D eigenvalue weighted by Crippen LogP contribution is -2.46. The Bertz CT molecular complexity index is 301. The number of hydrogen-bond donors (Lipinski definition) is 1. The van der Waals surface area contributed by atoms with Crippen molar-refractivity contribution in [2.24, 2.45) is 17.8 Å². The molecule has 1 aliphatic rings. The first kappa shape index (κ1) is 17.5. The van der Waals surface area contributed by atoms with Crippen molar-refractivity contribution in [3.05, 3.63) is 0 Å². The van der Waals surface area contributed by atoms with E-state index in [1.165, 1.54) is 6.42 Å². The van der Waals surface area contributed by atoms with Crippen molar-refractivity contribution in [2.75, 3.05) is 6.61 Å². The van der Waals surface area contributed by atoms with Gasteiger partial charge in [-0.15, -0.1) is 0 Å². The Morgan fingerprint density at radius 2 is 2.10 bits per heavy atom. The molecule has 0 heterocycles. The third kappa shape index (κ3) is 4.76. The van der Waals surface area contributed by atoms with E-state index in [9.17, 15) is 9.90 Å². The third-order valence-electron chi connectivity index (χ3n) is 4.47. The summed E-state index contributed by atoms with van der Waals surface area (Å²) in [5.41, 5.74) is -0.847. The Kier molecular flexibility index (Phi) is 7.01. The lowest BCUT2D eigenvalue weighted by Gasteiger charge is -2.41. The highest BCUT2D eigenvalue weighted by Crippen LogP contribution is 2.42. The van der Waals surface area contributed by atoms with Crippen LogP contribution in [0.4, 0.5) is 0 Å². The molecule has 3 nitrogen and oxygen atoms in total. The molecule has 0 aromatic rings. The van der Waals surface area contributed by atoms with E-state index in [2.05, 4.69) is 20.8 Å². The van der Waals surface area contributed by atoms with Gasteiger partial charge in [-0.1, -0.05) is 40.0 Å². The minimum atomic E-state index is -0.847. The molecule has 0 aromatic carbocycles. The van der Waals surface area contributed by atoms with E-state index < -0.39 is 5.60 Å². The normalized spacial score (nSPS) is 28.4. The van der Waals surface area contributed by atoms with Gasteiger partial charge in [-0.2, -0.15) is 0 Å². The first-order chi connectivity index (χ1) is 9.42. The molecule has 0 aromatic heterocycles. The second-order valence-corrected chi connectivity index (χ2v) is 6.79. The maximum atomic E-state index is 12.2. The van der Waals surface area contributed by atoms with E-state index in [1.807, 2.05) is 6.92 Å². The van der Waals surface area contributed by atoms with E-state index in [0.29, 0.717) is 18.4 Å². The lowest BCUT2D eigenvalue weighted by molar-refractivity contribution is -0.163. The maximum absolute atomic E-state index is 12.2. The minimum absolute atomic E-state index is 0.206. The Labute approximate surface area is 124 Å². The predicted octanol–water partition coefficient (Wildman–Crippen LogP) is 3.93. The van der Waals surface area contributed by atoms with Crippen LogP contribution in [0.3, 0.4) is 0 Å². The van der Waals surface area contributed by atoms with Gasteiger partial charge >= 0.3 is 5.97 Å². The van der Waals surface area contributed by atoms with Crippen LogP contribution in [0.1, 0.15) is 72.6 Å². The summed E-state index contributed by atoms with van der Waals surface area (Å²) in [5.74, 6) is 0.640. The summed E-state index contributed by atoms with van der Waals surface area (Å²) in [5, 5.41) is 11.0. The van der Waals surface area contributed by atoms with Crippen LogP contribution in [0, 0.1) is 17.8 Å². The smallest absolute Gasteiger partial charge is 0.311 e. The van der Waals surface area contributed by atoms with Gasteiger partial charge in [0.2, 0.25) is 0 Å². The molecule has 1 N–H and O–H groups in total. The van der Waals surface area contributed by atoms with Crippen LogP contribution in [-0.4, -0.2) is 23.3 Å². The van der Waals surface area contributed by atoms with Crippen LogP contribution in [0.15, 0.2) is 0 Å². The van der Waals surface area contributed by atoms with Crippen LogP contribution in [0.25, 0.3) is 0 Å². The number of ether oxygens (including phenoxy) is 1. The first-order valence-corrected chi connectivity index (χ1v) is 8.32. The Morgan fingerprint density at radius 1 is 1.40 bits per heavy atom. The molecule has 20 heavy (non-hydrogen) atoms. The van der Waals surface area contributed by atoms with Gasteiger partial charge in [0.25, 0.3) is 0 Å². The fourth-order valence-electron chi connectivity index (χ4n) is 3.72. The molecule has 1 aliphatic carbocycles. The van der Waals surface area contributed by atoms with Crippen LogP contribution < -0.4 is 0 Å². The van der Waals surface area contributed by atoms with Crippen molar-refractivity contribution in [2.45, 2.75) is 78.2 Å². The third-order valence-corrected chi connectivity index (χ3v) is 4.47. The number of rotatable bonds is 7. The van der Waals surface area contributed by atoms with E-state index in [0.717, 1.165) is 38.5 Å². The van der Waals surface area contributed by atoms with Crippen molar-refractivity contribution in [3.8, 4) is 0 Å². The van der Waals surface area contributed by atoms with E-state index in [-0.39, 0.29) is 11.9 Å². The van der Waals surface area contributed by atoms with E-state index in [4.69, 9.17) is 4.74 Å². The Balaban J connectivity index is 2.77. The molecule has 3 atom stereocenters. The number of aliphatic hydroxyl groups is 1. The zero-order chi connectivity index (χ0) is 15.2. The predicted molar refractivity (Wildman–Crippen MR) is 81.4 cm³/mol. The van der Waals surface area contributed by atoms with Crippen LogP contribution in [0.2, 0.25) is 0 Å². The molecule has 1 saturated carbocycles. The highest BCUT2D eigenvalue weighted by atomic mass is 16.5. The van der Waals surface area contributed by atoms with Gasteiger partial charge in [0.1, 0.15) is 0 Å². The molecule has 0 aliphatic heterocycles. The van der Waals surface area contributed by atoms with Crippen LogP contribution >= 0.6 is 0 Å². The molecule has 0 amide bonds. The second kappa shape index (κ2) is 8.02. The van der Waals surface area contributed by atoms with Gasteiger partial charge in [-0.05, 0) is 44.4 Å². The van der Waals surface area contributed by atoms with Crippen molar-refractivity contribution < 1.29 is 14.6 Å². The lowest BCUT2D eigenvalue weighted by atomic mass is 9.68. The van der Waals surface area contributed by atoms with Gasteiger partial charge in [0.05, 0.1) is 18.1 Å². The molecule has 0 bridgehead atoms. The number of hydrogen-bond acceptors (Lipinski definition) is 3. The number of carbonyl (C=O) groups excluding carboxylic acids is 1. The van der Waals surface area contributed by atoms with Crippen LogP contribution in [-0.2, 0) is 9.53 Å². The molecular formula is C17H32O3. The zero-order valence-electron chi connectivity index (χ0n) is 13.7. The van der Waals surface area contributed by atoms with Gasteiger partial charge in [-0.3, -0.25) is 4.79 Å². The molecule has 3 heteroatoms. The summed E-state index contributed by atoms with van der Waals surface area (Å²) in [7, 11) is 0. The quantitative estimate of drug-likeness (QED) is 0.720. The standard InChI is InChI=1S/C17H32O3/c1-5-8-15(16(18)20-6-2)17(19)10-7-9-14(12-17)11-13(3)4/h13-15,19H,5-12H2,1-4H3. The summed E-state index contributed by atoms with van der Waals surface area (Å²) in [6.45, 7) is 8.73. The highest BCUT2D eigenvalue weighted by molar-refractivity contribution is 5.73. The average Bonchev–Trinajstić information content (AvgIpc) is 2.35. The first-order valence-electron chi connectivity index (χ1n) is 8.32. The fourth-order valence-corrected chi connectivity index (χ4v) is 3.72. The average molecular weight is 284 g/mol. The molecule has 1 rings (SSSR count). The summed E-state index contributed by atoms with van der Waals surface area (Å²) >= 11 is 0. The molecule has 118 valence electrons. The fraction of sp³-hybridized carbons (Fsp3) is 0.941. The summed E-state index contributed by atoms with van der Waals surface area (Å²) < 4.78 is 5.19. The molecular weight excluding hydrogens is 252 g/mol. The van der Waals surface area contributed by atoms with Crippen molar-refractivity contribution >= 4 is 5.97 Å². The van der Waals surface area contributed by atoms with Gasteiger partial charge < -0.3 is 9.84 Å². The molecule has 3 unspecified atom stereocenters. The SMILES string of the molecule is CCCC(C(=O)OCC)C1(O)CCCC(CC(C)C)C1. The largest absolute Gasteiger partial charge is 0.466 e. The van der Waals surface area contributed by atoms with Crippen molar-refractivity contribution in [1.82, 2.24) is 0 Å². The van der Waals surface area contributed by atoms with E-state index >= 15 is 0 Å². The molecule has 1 fully saturated rings.